The quantitative estimate of drug-likeness (QED) is 0.671. The first-order valence-electron chi connectivity index (χ1n) is 10.6. The molecule has 0 aliphatic carbocycles. The van der Waals surface area contributed by atoms with E-state index in [2.05, 4.69) is 20.9 Å². The maximum Gasteiger partial charge on any atom is 0.283 e. The van der Waals surface area contributed by atoms with Crippen LogP contribution in [-0.4, -0.2) is 41.5 Å². The third-order valence-corrected chi connectivity index (χ3v) is 6.31. The number of carbonyl (C=O) groups excluding carboxylic acids is 1. The van der Waals surface area contributed by atoms with Gasteiger partial charge in [-0.25, -0.2) is 9.98 Å². The molecule has 1 spiro atoms. The number of amidine groups is 1. The highest BCUT2D eigenvalue weighted by Crippen LogP contribution is 2.52. The molecule has 1 atom stereocenters. The Morgan fingerprint density at radius 2 is 1.84 bits per heavy atom. The van der Waals surface area contributed by atoms with Crippen molar-refractivity contribution in [2.24, 2.45) is 10.7 Å². The van der Waals surface area contributed by atoms with E-state index in [-0.39, 0.29) is 18.4 Å². The Labute approximate surface area is 184 Å². The van der Waals surface area contributed by atoms with Gasteiger partial charge in [0.15, 0.2) is 11.3 Å². The first kappa shape index (κ1) is 18.8. The highest BCUT2D eigenvalue weighted by atomic mass is 16.5. The molecule has 5 heterocycles. The molecule has 32 heavy (non-hydrogen) atoms. The number of piperidine rings is 1. The molecule has 1 aromatic carbocycles. The van der Waals surface area contributed by atoms with Gasteiger partial charge in [0.05, 0.1) is 6.20 Å². The molecular weight excluding hydrogens is 406 g/mol. The molecule has 0 bridgehead atoms. The van der Waals surface area contributed by atoms with E-state index in [4.69, 9.17) is 20.2 Å². The van der Waals surface area contributed by atoms with E-state index < -0.39 is 5.54 Å². The van der Waals surface area contributed by atoms with Crippen LogP contribution in [0.5, 0.6) is 11.5 Å². The van der Waals surface area contributed by atoms with Gasteiger partial charge < -0.3 is 20.1 Å². The molecule has 3 aliphatic heterocycles. The Bertz CT molecular complexity index is 1250. The zero-order valence-electron chi connectivity index (χ0n) is 17.3. The molecule has 0 saturated carbocycles. The third kappa shape index (κ3) is 2.90. The zero-order valence-corrected chi connectivity index (χ0v) is 17.3. The van der Waals surface area contributed by atoms with Crippen molar-refractivity contribution in [3.8, 4) is 22.6 Å². The van der Waals surface area contributed by atoms with E-state index in [0.717, 1.165) is 28.1 Å². The number of aromatic nitrogens is 2. The second-order valence-corrected chi connectivity index (χ2v) is 8.22. The number of aliphatic imine (C=N–C) groups is 1. The highest BCUT2D eigenvalue weighted by molar-refractivity contribution is 5.81. The SMILES string of the molecule is NC1=N[C@@]2(CO1)c1cc(-c3cccnc3)ccc1Oc1cnc(N3CCC(=O)CC3)cc12. The van der Waals surface area contributed by atoms with Gasteiger partial charge in [0.1, 0.15) is 24.0 Å². The molecule has 8 heteroatoms. The van der Waals surface area contributed by atoms with Crippen LogP contribution in [0.15, 0.2) is 60.0 Å². The Morgan fingerprint density at radius 3 is 2.59 bits per heavy atom. The van der Waals surface area contributed by atoms with Gasteiger partial charge >= 0.3 is 0 Å². The number of ether oxygens (including phenoxy) is 2. The normalized spacial score (nSPS) is 21.4. The monoisotopic (exact) mass is 427 g/mol. The number of fused-ring (bicyclic) bond motifs is 4. The van der Waals surface area contributed by atoms with Gasteiger partial charge in [-0.15, -0.1) is 0 Å². The van der Waals surface area contributed by atoms with Crippen molar-refractivity contribution in [1.82, 2.24) is 9.97 Å². The topological polar surface area (TPSA) is 103 Å². The summed E-state index contributed by atoms with van der Waals surface area (Å²) in [5, 5.41) is 0. The number of anilines is 1. The van der Waals surface area contributed by atoms with Gasteiger partial charge in [-0.05, 0) is 29.8 Å². The summed E-state index contributed by atoms with van der Waals surface area (Å²) in [6.45, 7) is 1.59. The van der Waals surface area contributed by atoms with Crippen LogP contribution < -0.4 is 15.4 Å². The number of hydrogen-bond donors (Lipinski definition) is 1. The number of carbonyl (C=O) groups is 1. The van der Waals surface area contributed by atoms with Crippen LogP contribution in [-0.2, 0) is 15.1 Å². The van der Waals surface area contributed by atoms with Gasteiger partial charge in [-0.1, -0.05) is 12.1 Å². The van der Waals surface area contributed by atoms with Crippen molar-refractivity contribution in [3.63, 3.8) is 0 Å². The molecule has 6 rings (SSSR count). The number of nitrogens with two attached hydrogens (primary N) is 1. The predicted molar refractivity (Wildman–Crippen MR) is 119 cm³/mol. The molecular formula is C24H21N5O3. The van der Waals surface area contributed by atoms with Crippen molar-refractivity contribution in [1.29, 1.82) is 0 Å². The summed E-state index contributed by atoms with van der Waals surface area (Å²) in [5.74, 6) is 2.42. The number of pyridine rings is 2. The number of nitrogens with zero attached hydrogens (tertiary/aromatic N) is 4. The lowest BCUT2D eigenvalue weighted by molar-refractivity contribution is -0.119. The molecule has 160 valence electrons. The van der Waals surface area contributed by atoms with Crippen molar-refractivity contribution < 1.29 is 14.3 Å². The number of benzene rings is 1. The van der Waals surface area contributed by atoms with Crippen LogP contribution in [0.25, 0.3) is 11.1 Å². The first-order valence-corrected chi connectivity index (χ1v) is 10.6. The summed E-state index contributed by atoms with van der Waals surface area (Å²) in [7, 11) is 0. The van der Waals surface area contributed by atoms with Crippen LogP contribution in [0.1, 0.15) is 24.0 Å². The van der Waals surface area contributed by atoms with Crippen LogP contribution in [0.4, 0.5) is 5.82 Å². The molecule has 0 amide bonds. The van der Waals surface area contributed by atoms with Crippen molar-refractivity contribution in [2.75, 3.05) is 24.6 Å². The van der Waals surface area contributed by atoms with Gasteiger partial charge in [-0.2, -0.15) is 0 Å². The Hall–Kier alpha value is -3.94. The fourth-order valence-corrected chi connectivity index (χ4v) is 4.62. The number of hydrogen-bond acceptors (Lipinski definition) is 8. The lowest BCUT2D eigenvalue weighted by Crippen LogP contribution is -2.35. The molecule has 0 unspecified atom stereocenters. The minimum absolute atomic E-state index is 0.150. The molecule has 1 saturated heterocycles. The fraction of sp³-hybridized carbons (Fsp3) is 0.250. The van der Waals surface area contributed by atoms with Crippen LogP contribution in [0, 0.1) is 0 Å². The Kier molecular flexibility index (Phi) is 4.14. The third-order valence-electron chi connectivity index (χ3n) is 6.31. The molecule has 3 aromatic rings. The fourth-order valence-electron chi connectivity index (χ4n) is 4.62. The van der Waals surface area contributed by atoms with E-state index in [1.807, 2.05) is 36.5 Å². The van der Waals surface area contributed by atoms with Crippen LogP contribution >= 0.6 is 0 Å². The summed E-state index contributed by atoms with van der Waals surface area (Å²) in [4.78, 5) is 27.4. The molecule has 0 radical (unpaired) electrons. The maximum absolute atomic E-state index is 11.7. The number of Topliss-reactive ketones (excluding diaryl/α,β-unsaturated/α-hetero) is 1. The van der Waals surface area contributed by atoms with Crippen molar-refractivity contribution >= 4 is 17.6 Å². The second kappa shape index (κ2) is 7.05. The van der Waals surface area contributed by atoms with Gasteiger partial charge in [0, 0.05) is 55.0 Å². The lowest BCUT2D eigenvalue weighted by Gasteiger charge is -2.35. The van der Waals surface area contributed by atoms with E-state index in [0.29, 0.717) is 37.4 Å². The summed E-state index contributed by atoms with van der Waals surface area (Å²) in [6, 6.07) is 12.1. The first-order chi connectivity index (χ1) is 15.6. The number of ketones is 1. The predicted octanol–water partition coefficient (Wildman–Crippen LogP) is 3.01. The van der Waals surface area contributed by atoms with E-state index in [9.17, 15) is 4.79 Å². The van der Waals surface area contributed by atoms with Gasteiger partial charge in [0.2, 0.25) is 0 Å². The molecule has 2 N–H and O–H groups in total. The van der Waals surface area contributed by atoms with Crippen molar-refractivity contribution in [2.45, 2.75) is 18.4 Å². The minimum Gasteiger partial charge on any atom is -0.462 e. The summed E-state index contributed by atoms with van der Waals surface area (Å²) in [6.07, 6.45) is 6.37. The van der Waals surface area contributed by atoms with E-state index in [1.54, 1.807) is 12.4 Å². The average Bonchev–Trinajstić information content (AvgIpc) is 3.22. The van der Waals surface area contributed by atoms with Gasteiger partial charge in [-0.3, -0.25) is 9.78 Å². The van der Waals surface area contributed by atoms with Gasteiger partial charge in [0.25, 0.3) is 6.02 Å². The largest absolute Gasteiger partial charge is 0.462 e. The minimum atomic E-state index is -0.825. The maximum atomic E-state index is 11.7. The molecule has 2 aromatic heterocycles. The summed E-state index contributed by atoms with van der Waals surface area (Å²) < 4.78 is 11.9. The van der Waals surface area contributed by atoms with Crippen LogP contribution in [0.3, 0.4) is 0 Å². The molecule has 3 aliphatic rings. The average molecular weight is 427 g/mol. The second-order valence-electron chi connectivity index (χ2n) is 8.22. The summed E-state index contributed by atoms with van der Waals surface area (Å²) in [5.41, 5.74) is 8.94. The number of rotatable bonds is 2. The van der Waals surface area contributed by atoms with E-state index in [1.165, 1.54) is 0 Å². The highest BCUT2D eigenvalue weighted by Gasteiger charge is 2.47. The van der Waals surface area contributed by atoms with Crippen molar-refractivity contribution in [3.05, 3.63) is 66.1 Å². The Morgan fingerprint density at radius 1 is 1.00 bits per heavy atom. The smallest absolute Gasteiger partial charge is 0.283 e. The standard InChI is InChI=1S/C24H21N5O3/c25-23-28-24(14-31-23)18-10-15(16-2-1-7-26-12-16)3-4-20(18)32-21-13-27-22(11-19(21)24)29-8-5-17(30)6-9-29/h1-4,7,10-13H,5-6,8-9,14H2,(H2,25,28)/t24-/m0/s1. The van der Waals surface area contributed by atoms with Crippen LogP contribution in [0.2, 0.25) is 0 Å². The Balaban J connectivity index is 1.49. The zero-order chi connectivity index (χ0) is 21.7. The summed E-state index contributed by atoms with van der Waals surface area (Å²) >= 11 is 0. The molecule has 1 fully saturated rings. The lowest BCUT2D eigenvalue weighted by atomic mass is 9.80. The van der Waals surface area contributed by atoms with E-state index >= 15 is 0 Å². The molecule has 8 nitrogen and oxygen atoms in total.